The Morgan fingerprint density at radius 2 is 1.94 bits per heavy atom. The van der Waals surface area contributed by atoms with Crippen molar-refractivity contribution in [3.63, 3.8) is 0 Å². The second-order valence-electron chi connectivity index (χ2n) is 8.78. The summed E-state index contributed by atoms with van der Waals surface area (Å²) in [6, 6.07) is 13.7. The van der Waals surface area contributed by atoms with E-state index in [1.807, 2.05) is 69.0 Å². The molecule has 1 atom stereocenters. The SMILES string of the molecule is Cc1cccc(-c2sc(C)nc2C(=O)N2CCSC2CNC(=O)c2cccc3oc(C)c(C)c23)c1. The molecule has 1 saturated heterocycles. The van der Waals surface area contributed by atoms with E-state index in [1.165, 1.54) is 0 Å². The molecule has 2 aromatic heterocycles. The smallest absolute Gasteiger partial charge is 0.274 e. The fourth-order valence-corrected chi connectivity index (χ4v) is 6.56. The first-order chi connectivity index (χ1) is 16.8. The van der Waals surface area contributed by atoms with E-state index in [2.05, 4.69) is 16.4 Å². The molecule has 180 valence electrons. The first-order valence-corrected chi connectivity index (χ1v) is 13.4. The van der Waals surface area contributed by atoms with E-state index in [4.69, 9.17) is 4.42 Å². The average Bonchev–Trinajstić information content (AvgIpc) is 3.54. The molecule has 3 heterocycles. The van der Waals surface area contributed by atoms with Crippen molar-refractivity contribution in [3.8, 4) is 10.4 Å². The largest absolute Gasteiger partial charge is 0.461 e. The molecule has 2 aromatic carbocycles. The van der Waals surface area contributed by atoms with Gasteiger partial charge < -0.3 is 14.6 Å². The number of carbonyl (C=O) groups is 2. The van der Waals surface area contributed by atoms with Crippen LogP contribution in [-0.2, 0) is 0 Å². The summed E-state index contributed by atoms with van der Waals surface area (Å²) >= 11 is 3.22. The second-order valence-corrected chi connectivity index (χ2v) is 11.3. The minimum absolute atomic E-state index is 0.0847. The normalized spacial score (nSPS) is 15.7. The van der Waals surface area contributed by atoms with Crippen LogP contribution in [0.2, 0.25) is 0 Å². The number of benzene rings is 2. The maximum absolute atomic E-state index is 13.6. The van der Waals surface area contributed by atoms with E-state index in [9.17, 15) is 9.59 Å². The van der Waals surface area contributed by atoms with Gasteiger partial charge in [-0.1, -0.05) is 35.9 Å². The summed E-state index contributed by atoms with van der Waals surface area (Å²) in [5, 5.41) is 4.61. The number of thioether (sulfide) groups is 1. The second kappa shape index (κ2) is 9.51. The Balaban J connectivity index is 1.35. The Bertz CT molecular complexity index is 1440. The van der Waals surface area contributed by atoms with Gasteiger partial charge in [0.1, 0.15) is 17.0 Å². The molecule has 1 N–H and O–H groups in total. The van der Waals surface area contributed by atoms with Gasteiger partial charge in [0.05, 0.1) is 20.8 Å². The van der Waals surface area contributed by atoms with E-state index in [0.29, 0.717) is 29.9 Å². The van der Waals surface area contributed by atoms with Crippen LogP contribution < -0.4 is 5.32 Å². The number of aryl methyl sites for hydroxylation is 4. The quantitative estimate of drug-likeness (QED) is 0.375. The third-order valence-corrected chi connectivity index (χ3v) is 8.59. The molecule has 1 aliphatic heterocycles. The number of aromatic nitrogens is 1. The van der Waals surface area contributed by atoms with Crippen molar-refractivity contribution in [2.45, 2.75) is 33.1 Å². The number of hydrogen-bond acceptors (Lipinski definition) is 6. The van der Waals surface area contributed by atoms with Crippen LogP contribution in [0.15, 0.2) is 46.9 Å². The van der Waals surface area contributed by atoms with Gasteiger partial charge in [0.15, 0.2) is 0 Å². The Morgan fingerprint density at radius 3 is 2.74 bits per heavy atom. The summed E-state index contributed by atoms with van der Waals surface area (Å²) in [6.07, 6.45) is 0. The first-order valence-electron chi connectivity index (χ1n) is 11.6. The average molecular weight is 506 g/mol. The number of furan rings is 1. The van der Waals surface area contributed by atoms with Crippen LogP contribution in [0.4, 0.5) is 0 Å². The summed E-state index contributed by atoms with van der Waals surface area (Å²) in [5.74, 6) is 1.39. The third kappa shape index (κ3) is 4.48. The lowest BCUT2D eigenvalue weighted by Crippen LogP contribution is -2.42. The molecule has 35 heavy (non-hydrogen) atoms. The van der Waals surface area contributed by atoms with Crippen molar-refractivity contribution in [3.05, 3.63) is 75.6 Å². The fourth-order valence-electron chi connectivity index (χ4n) is 4.50. The molecule has 1 fully saturated rings. The topological polar surface area (TPSA) is 75.4 Å². The first kappa shape index (κ1) is 23.6. The maximum atomic E-state index is 13.6. The molecule has 0 saturated carbocycles. The number of thiazole rings is 1. The minimum Gasteiger partial charge on any atom is -0.461 e. The number of amides is 2. The Labute approximate surface area is 212 Å². The van der Waals surface area contributed by atoms with E-state index in [0.717, 1.165) is 43.5 Å². The zero-order valence-electron chi connectivity index (χ0n) is 20.2. The molecule has 0 radical (unpaired) electrons. The van der Waals surface area contributed by atoms with Gasteiger partial charge in [-0.15, -0.1) is 23.1 Å². The van der Waals surface area contributed by atoms with Crippen LogP contribution >= 0.6 is 23.1 Å². The molecule has 1 aliphatic rings. The molecular formula is C27H27N3O3S2. The van der Waals surface area contributed by atoms with Crippen molar-refractivity contribution in [1.29, 1.82) is 0 Å². The monoisotopic (exact) mass is 505 g/mol. The molecular weight excluding hydrogens is 478 g/mol. The highest BCUT2D eigenvalue weighted by molar-refractivity contribution is 8.00. The van der Waals surface area contributed by atoms with Gasteiger partial charge in [0, 0.05) is 24.2 Å². The maximum Gasteiger partial charge on any atom is 0.274 e. The van der Waals surface area contributed by atoms with Gasteiger partial charge in [-0.3, -0.25) is 9.59 Å². The van der Waals surface area contributed by atoms with Gasteiger partial charge in [-0.2, -0.15) is 0 Å². The van der Waals surface area contributed by atoms with E-state index in [1.54, 1.807) is 23.1 Å². The minimum atomic E-state index is -0.163. The Kier molecular flexibility index (Phi) is 6.42. The molecule has 8 heteroatoms. The van der Waals surface area contributed by atoms with Crippen molar-refractivity contribution in [1.82, 2.24) is 15.2 Å². The van der Waals surface area contributed by atoms with Crippen molar-refractivity contribution in [2.24, 2.45) is 0 Å². The van der Waals surface area contributed by atoms with Gasteiger partial charge in [0.2, 0.25) is 0 Å². The molecule has 1 unspecified atom stereocenters. The lowest BCUT2D eigenvalue weighted by atomic mass is 10.1. The number of nitrogens with one attached hydrogen (secondary N) is 1. The predicted octanol–water partition coefficient (Wildman–Crippen LogP) is 5.74. The van der Waals surface area contributed by atoms with Crippen LogP contribution in [-0.4, -0.2) is 45.9 Å². The zero-order valence-corrected chi connectivity index (χ0v) is 21.8. The van der Waals surface area contributed by atoms with Crippen molar-refractivity contribution in [2.75, 3.05) is 18.8 Å². The van der Waals surface area contributed by atoms with Crippen LogP contribution in [0, 0.1) is 27.7 Å². The van der Waals surface area contributed by atoms with E-state index >= 15 is 0 Å². The zero-order chi connectivity index (χ0) is 24.7. The van der Waals surface area contributed by atoms with Crippen LogP contribution in [0.5, 0.6) is 0 Å². The Morgan fingerprint density at radius 1 is 1.14 bits per heavy atom. The summed E-state index contributed by atoms with van der Waals surface area (Å²) in [4.78, 5) is 34.1. The Hall–Kier alpha value is -3.10. The lowest BCUT2D eigenvalue weighted by molar-refractivity contribution is 0.0747. The predicted molar refractivity (Wildman–Crippen MR) is 142 cm³/mol. The van der Waals surface area contributed by atoms with Gasteiger partial charge in [0.25, 0.3) is 11.8 Å². The van der Waals surface area contributed by atoms with Gasteiger partial charge in [-0.25, -0.2) is 4.98 Å². The number of fused-ring (bicyclic) bond motifs is 1. The number of carbonyl (C=O) groups excluding carboxylic acids is 2. The molecule has 5 rings (SSSR count). The molecule has 4 aromatic rings. The molecule has 6 nitrogen and oxygen atoms in total. The van der Waals surface area contributed by atoms with Crippen LogP contribution in [0.1, 0.15) is 42.7 Å². The molecule has 2 amide bonds. The summed E-state index contributed by atoms with van der Waals surface area (Å²) in [6.45, 7) is 8.83. The van der Waals surface area contributed by atoms with E-state index < -0.39 is 0 Å². The summed E-state index contributed by atoms with van der Waals surface area (Å²) in [5.41, 5.74) is 4.92. The number of hydrogen-bond donors (Lipinski definition) is 1. The van der Waals surface area contributed by atoms with Crippen LogP contribution in [0.25, 0.3) is 21.4 Å². The molecule has 0 bridgehead atoms. The van der Waals surface area contributed by atoms with Crippen LogP contribution in [0.3, 0.4) is 0 Å². The molecule has 0 aliphatic carbocycles. The molecule has 0 spiro atoms. The summed E-state index contributed by atoms with van der Waals surface area (Å²) < 4.78 is 5.78. The van der Waals surface area contributed by atoms with Crippen molar-refractivity contribution < 1.29 is 14.0 Å². The highest BCUT2D eigenvalue weighted by Crippen LogP contribution is 2.34. The fraction of sp³-hybridized carbons (Fsp3) is 0.296. The highest BCUT2D eigenvalue weighted by atomic mass is 32.2. The summed E-state index contributed by atoms with van der Waals surface area (Å²) in [7, 11) is 0. The highest BCUT2D eigenvalue weighted by Gasteiger charge is 2.33. The van der Waals surface area contributed by atoms with Gasteiger partial charge in [-0.05, 0) is 51.0 Å². The standard InChI is InChI=1S/C27H27N3O3S2/c1-15-7-5-8-19(13-15)25-24(29-18(4)35-25)27(32)30-11-12-34-22(30)14-28-26(31)20-9-6-10-21-23(20)16(2)17(3)33-21/h5-10,13,22H,11-12,14H2,1-4H3,(H,28,31). The number of rotatable bonds is 5. The number of nitrogens with zero attached hydrogens (tertiary/aromatic N) is 2. The third-order valence-electron chi connectivity index (χ3n) is 6.34. The lowest BCUT2D eigenvalue weighted by Gasteiger charge is -2.24. The van der Waals surface area contributed by atoms with Crippen molar-refractivity contribution >= 4 is 45.9 Å². The van der Waals surface area contributed by atoms with Gasteiger partial charge >= 0.3 is 0 Å². The van der Waals surface area contributed by atoms with E-state index in [-0.39, 0.29) is 17.2 Å².